The van der Waals surface area contributed by atoms with Crippen LogP contribution in [0.1, 0.15) is 17.5 Å². The van der Waals surface area contributed by atoms with Crippen LogP contribution in [-0.2, 0) is 40.3 Å². The summed E-state index contributed by atoms with van der Waals surface area (Å²) < 4.78 is 44.1. The monoisotopic (exact) mass is 554 g/mol. The van der Waals surface area contributed by atoms with E-state index < -0.39 is 39.9 Å². The maximum atomic E-state index is 13.0. The number of nitriles is 1. The summed E-state index contributed by atoms with van der Waals surface area (Å²) in [5.41, 5.74) is 1.06. The van der Waals surface area contributed by atoms with E-state index in [0.29, 0.717) is 5.56 Å². The zero-order chi connectivity index (χ0) is 28.4. The van der Waals surface area contributed by atoms with Crippen LogP contribution in [0.3, 0.4) is 0 Å². The Hall–Kier alpha value is -4.28. The van der Waals surface area contributed by atoms with Crippen molar-refractivity contribution in [2.75, 3.05) is 26.7 Å². The molecule has 2 aromatic carbocycles. The molecular weight excluding hydrogens is 531 g/mol. The van der Waals surface area contributed by atoms with Crippen molar-refractivity contribution in [1.29, 1.82) is 5.26 Å². The van der Waals surface area contributed by atoms with E-state index in [4.69, 9.17) is 19.3 Å². The summed E-state index contributed by atoms with van der Waals surface area (Å²) in [5.74, 6) is 2.35. The minimum atomic E-state index is -4.33. The number of non-ortho nitro benzene ring substituents is 1. The SMILES string of the molecule is CN1CC(=O)OB(C(C#CCCOCc2ccc(C#N)cc2)NS(=O)(=O)c2ccc([N+](=O)[O-])cc2)OC(=O)C1. The van der Waals surface area contributed by atoms with E-state index >= 15 is 0 Å². The number of hydrogen-bond donors (Lipinski definition) is 1. The Balaban J connectivity index is 1.73. The highest BCUT2D eigenvalue weighted by Gasteiger charge is 2.41. The van der Waals surface area contributed by atoms with Crippen molar-refractivity contribution >= 4 is 34.8 Å². The summed E-state index contributed by atoms with van der Waals surface area (Å²) in [7, 11) is -4.50. The van der Waals surface area contributed by atoms with Gasteiger partial charge in [0.1, 0.15) is 5.94 Å². The van der Waals surface area contributed by atoms with Crippen molar-refractivity contribution in [3.05, 3.63) is 69.8 Å². The molecule has 1 unspecified atom stereocenters. The number of rotatable bonds is 9. The third kappa shape index (κ3) is 8.91. The van der Waals surface area contributed by atoms with Crippen LogP contribution in [0.5, 0.6) is 0 Å². The van der Waals surface area contributed by atoms with E-state index in [1.807, 2.05) is 6.07 Å². The summed E-state index contributed by atoms with van der Waals surface area (Å²) in [6.07, 6.45) is 0.156. The molecular formula is C24H23BN4O9S. The standard InChI is InChI=1S/C24H23BN4O9S/c1-28-15-23(30)37-25(38-24(31)16-28)22(27-39(34,35)21-11-9-20(10-12-21)29(32)33)4-2-3-13-36-17-19-7-5-18(14-26)6-8-19/h5-12,22,27H,3,13,15-17H2,1H3. The Morgan fingerprint density at radius 1 is 1.13 bits per heavy atom. The van der Waals surface area contributed by atoms with Gasteiger partial charge in [-0.25, -0.2) is 8.42 Å². The van der Waals surface area contributed by atoms with Gasteiger partial charge < -0.3 is 14.0 Å². The van der Waals surface area contributed by atoms with E-state index in [1.54, 1.807) is 24.3 Å². The molecule has 1 saturated heterocycles. The number of carbonyl (C=O) groups excluding carboxylic acids is 2. The molecule has 1 aliphatic heterocycles. The second-order valence-electron chi connectivity index (χ2n) is 8.30. The molecule has 39 heavy (non-hydrogen) atoms. The van der Waals surface area contributed by atoms with Gasteiger partial charge in [-0.15, -0.1) is 0 Å². The topological polar surface area (TPSA) is 178 Å². The Morgan fingerprint density at radius 3 is 2.31 bits per heavy atom. The Morgan fingerprint density at radius 2 is 1.74 bits per heavy atom. The molecule has 2 aromatic rings. The lowest BCUT2D eigenvalue weighted by atomic mass is 9.78. The predicted molar refractivity (Wildman–Crippen MR) is 136 cm³/mol. The zero-order valence-corrected chi connectivity index (χ0v) is 21.5. The van der Waals surface area contributed by atoms with Crippen molar-refractivity contribution in [3.8, 4) is 17.9 Å². The largest absolute Gasteiger partial charge is 0.631 e. The normalized spacial score (nSPS) is 15.0. The second-order valence-corrected chi connectivity index (χ2v) is 10.0. The van der Waals surface area contributed by atoms with Crippen LogP contribution in [0.2, 0.25) is 0 Å². The molecule has 0 radical (unpaired) electrons. The third-order valence-corrected chi connectivity index (χ3v) is 6.64. The molecule has 0 bridgehead atoms. The number of nitrogens with zero attached hydrogens (tertiary/aromatic N) is 3. The van der Waals surface area contributed by atoms with Crippen LogP contribution in [0.4, 0.5) is 5.69 Å². The van der Waals surface area contributed by atoms with Crippen LogP contribution in [-0.4, -0.2) is 70.0 Å². The summed E-state index contributed by atoms with van der Waals surface area (Å²) in [6, 6.07) is 13.0. The molecule has 15 heteroatoms. The molecule has 1 atom stereocenters. The van der Waals surface area contributed by atoms with Gasteiger partial charge in [-0.1, -0.05) is 24.0 Å². The smallest absolute Gasteiger partial charge is 0.497 e. The van der Waals surface area contributed by atoms with Crippen LogP contribution in [0, 0.1) is 33.3 Å². The second kappa shape index (κ2) is 13.5. The van der Waals surface area contributed by atoms with Gasteiger partial charge in [0.15, 0.2) is 0 Å². The molecule has 0 saturated carbocycles. The summed E-state index contributed by atoms with van der Waals surface area (Å²) in [4.78, 5) is 35.7. The first-order chi connectivity index (χ1) is 18.6. The van der Waals surface area contributed by atoms with Crippen molar-refractivity contribution in [1.82, 2.24) is 9.62 Å². The van der Waals surface area contributed by atoms with Crippen LogP contribution in [0.25, 0.3) is 0 Å². The lowest BCUT2D eigenvalue weighted by Crippen LogP contribution is -2.53. The van der Waals surface area contributed by atoms with Gasteiger partial charge in [-0.05, 0) is 36.9 Å². The molecule has 3 rings (SSSR count). The Bertz CT molecular complexity index is 1390. The number of nitrogens with one attached hydrogen (secondary N) is 1. The highest BCUT2D eigenvalue weighted by molar-refractivity contribution is 7.89. The molecule has 1 heterocycles. The average molecular weight is 554 g/mol. The van der Waals surface area contributed by atoms with Crippen molar-refractivity contribution in [2.24, 2.45) is 0 Å². The molecule has 1 N–H and O–H groups in total. The zero-order valence-electron chi connectivity index (χ0n) is 20.7. The number of likely N-dealkylation sites (N-methyl/N-ethyl adjacent to an activating group) is 1. The number of hydrogen-bond acceptors (Lipinski definition) is 11. The number of benzene rings is 2. The first-order valence-electron chi connectivity index (χ1n) is 11.5. The van der Waals surface area contributed by atoms with E-state index in [0.717, 1.165) is 29.8 Å². The minimum Gasteiger partial charge on any atom is -0.497 e. The van der Waals surface area contributed by atoms with Gasteiger partial charge in [0.2, 0.25) is 10.0 Å². The highest BCUT2D eigenvalue weighted by atomic mass is 32.2. The van der Waals surface area contributed by atoms with Gasteiger partial charge in [-0.3, -0.25) is 24.6 Å². The summed E-state index contributed by atoms with van der Waals surface area (Å²) in [6.45, 7) is -0.0348. The molecule has 1 fully saturated rings. The fraction of sp³-hybridized carbons (Fsp3) is 0.292. The maximum Gasteiger partial charge on any atom is 0.631 e. The molecule has 202 valence electrons. The van der Waals surface area contributed by atoms with E-state index in [9.17, 15) is 28.1 Å². The van der Waals surface area contributed by atoms with Crippen molar-refractivity contribution < 1.29 is 37.0 Å². The van der Waals surface area contributed by atoms with E-state index in [1.165, 1.54) is 11.9 Å². The molecule has 1 aliphatic rings. The molecule has 0 aliphatic carbocycles. The van der Waals surface area contributed by atoms with E-state index in [2.05, 4.69) is 16.6 Å². The first-order valence-corrected chi connectivity index (χ1v) is 12.9. The Labute approximate surface area is 225 Å². The number of carbonyl (C=O) groups is 2. The number of nitro groups is 1. The van der Waals surface area contributed by atoms with Gasteiger partial charge in [0.25, 0.3) is 5.69 Å². The van der Waals surface area contributed by atoms with Gasteiger partial charge in [0.05, 0.1) is 47.8 Å². The summed E-state index contributed by atoms with van der Waals surface area (Å²) in [5, 5.41) is 19.7. The lowest BCUT2D eigenvalue weighted by molar-refractivity contribution is -0.384. The summed E-state index contributed by atoms with van der Waals surface area (Å²) >= 11 is 0. The lowest BCUT2D eigenvalue weighted by Gasteiger charge is -2.25. The van der Waals surface area contributed by atoms with E-state index in [-0.39, 0.29) is 43.3 Å². The predicted octanol–water partition coefficient (Wildman–Crippen LogP) is 0.783. The van der Waals surface area contributed by atoms with Crippen molar-refractivity contribution in [2.45, 2.75) is 23.9 Å². The van der Waals surface area contributed by atoms with Crippen LogP contribution < -0.4 is 4.72 Å². The Kier molecular flexibility index (Phi) is 10.1. The van der Waals surface area contributed by atoms with Gasteiger partial charge in [-0.2, -0.15) is 9.98 Å². The first kappa shape index (κ1) is 29.3. The van der Waals surface area contributed by atoms with Crippen LogP contribution in [0.15, 0.2) is 53.4 Å². The highest BCUT2D eigenvalue weighted by Crippen LogP contribution is 2.17. The maximum absolute atomic E-state index is 13.0. The third-order valence-electron chi connectivity index (χ3n) is 5.19. The fourth-order valence-electron chi connectivity index (χ4n) is 3.30. The molecule has 0 spiro atoms. The number of sulfonamides is 1. The average Bonchev–Trinajstić information content (AvgIpc) is 2.89. The van der Waals surface area contributed by atoms with Gasteiger partial charge in [0, 0.05) is 18.6 Å². The molecule has 13 nitrogen and oxygen atoms in total. The molecule has 0 amide bonds. The van der Waals surface area contributed by atoms with Crippen molar-refractivity contribution in [3.63, 3.8) is 0 Å². The van der Waals surface area contributed by atoms with Crippen LogP contribution >= 0.6 is 0 Å². The molecule has 0 aromatic heterocycles. The quantitative estimate of drug-likeness (QED) is 0.152. The van der Waals surface area contributed by atoms with Gasteiger partial charge >= 0.3 is 19.1 Å². The number of ether oxygens (including phenoxy) is 1. The fourth-order valence-corrected chi connectivity index (χ4v) is 4.43. The number of nitro benzene ring substituents is 1. The minimum absolute atomic E-state index is 0.156.